The summed E-state index contributed by atoms with van der Waals surface area (Å²) in [4.78, 5) is 24.8. The largest absolute Gasteiger partial charge is 0.481 e. The molecule has 0 radical (unpaired) electrons. The summed E-state index contributed by atoms with van der Waals surface area (Å²) >= 11 is 0. The quantitative estimate of drug-likeness (QED) is 0.855. The summed E-state index contributed by atoms with van der Waals surface area (Å²) in [6, 6.07) is 5.31. The van der Waals surface area contributed by atoms with Gasteiger partial charge in [-0.3, -0.25) is 9.59 Å². The minimum absolute atomic E-state index is 0.164. The molecular formula is C14H18N2O3. The van der Waals surface area contributed by atoms with E-state index in [1.54, 1.807) is 4.90 Å². The van der Waals surface area contributed by atoms with Gasteiger partial charge in [0.25, 0.3) is 0 Å². The van der Waals surface area contributed by atoms with Gasteiger partial charge < -0.3 is 15.3 Å². The van der Waals surface area contributed by atoms with Gasteiger partial charge in [0.2, 0.25) is 5.91 Å². The number of carboxylic acid groups (broad SMARTS) is 1. The van der Waals surface area contributed by atoms with E-state index in [2.05, 4.69) is 5.32 Å². The van der Waals surface area contributed by atoms with E-state index in [-0.39, 0.29) is 12.3 Å². The summed E-state index contributed by atoms with van der Waals surface area (Å²) in [6.07, 6.45) is -0.180. The van der Waals surface area contributed by atoms with Crippen LogP contribution in [0.25, 0.3) is 0 Å². The molecule has 102 valence electrons. The third kappa shape index (κ3) is 2.93. The molecule has 1 saturated heterocycles. The predicted octanol–water partition coefficient (Wildman–Crippen LogP) is 1.08. The van der Waals surface area contributed by atoms with Crippen LogP contribution >= 0.6 is 0 Å². The van der Waals surface area contributed by atoms with Crippen molar-refractivity contribution in [1.82, 2.24) is 5.32 Å². The summed E-state index contributed by atoms with van der Waals surface area (Å²) in [7, 11) is 0. The van der Waals surface area contributed by atoms with Crippen LogP contribution in [-0.2, 0) is 9.59 Å². The number of amides is 1. The van der Waals surface area contributed by atoms with Gasteiger partial charge >= 0.3 is 5.97 Å². The van der Waals surface area contributed by atoms with Crippen LogP contribution in [0.5, 0.6) is 0 Å². The van der Waals surface area contributed by atoms with Crippen molar-refractivity contribution >= 4 is 17.6 Å². The number of hydrogen-bond acceptors (Lipinski definition) is 3. The number of rotatable bonds is 3. The minimum atomic E-state index is -0.964. The Hall–Kier alpha value is -1.88. The van der Waals surface area contributed by atoms with E-state index >= 15 is 0 Å². The minimum Gasteiger partial charge on any atom is -0.481 e. The zero-order valence-electron chi connectivity index (χ0n) is 11.1. The van der Waals surface area contributed by atoms with Crippen LogP contribution in [0, 0.1) is 13.8 Å². The number of nitrogens with one attached hydrogen (secondary N) is 1. The maximum atomic E-state index is 12.3. The van der Waals surface area contributed by atoms with Crippen LogP contribution < -0.4 is 10.2 Å². The zero-order valence-corrected chi connectivity index (χ0v) is 11.1. The molecule has 0 saturated carbocycles. The molecule has 0 aliphatic carbocycles. The summed E-state index contributed by atoms with van der Waals surface area (Å²) in [5.41, 5.74) is 2.98. The van der Waals surface area contributed by atoms with Crippen LogP contribution in [0.2, 0.25) is 0 Å². The molecule has 1 atom stereocenters. The van der Waals surface area contributed by atoms with Gasteiger partial charge in [-0.15, -0.1) is 0 Å². The Morgan fingerprint density at radius 2 is 2.21 bits per heavy atom. The van der Waals surface area contributed by atoms with Gasteiger partial charge in [0, 0.05) is 18.8 Å². The number of benzene rings is 1. The first-order valence-corrected chi connectivity index (χ1v) is 6.33. The van der Waals surface area contributed by atoms with E-state index in [0.29, 0.717) is 13.1 Å². The lowest BCUT2D eigenvalue weighted by Crippen LogP contribution is -2.56. The van der Waals surface area contributed by atoms with Gasteiger partial charge in [0.1, 0.15) is 0 Å². The second kappa shape index (κ2) is 5.40. The lowest BCUT2D eigenvalue weighted by Gasteiger charge is -2.33. The van der Waals surface area contributed by atoms with Gasteiger partial charge in [0.05, 0.1) is 12.5 Å². The number of carboxylic acids is 1. The molecule has 19 heavy (non-hydrogen) atoms. The highest BCUT2D eigenvalue weighted by Crippen LogP contribution is 2.23. The summed E-state index contributed by atoms with van der Waals surface area (Å²) in [6.45, 7) is 5.11. The Morgan fingerprint density at radius 3 is 2.89 bits per heavy atom. The van der Waals surface area contributed by atoms with Gasteiger partial charge in [-0.25, -0.2) is 0 Å². The molecule has 2 N–H and O–H groups in total. The van der Waals surface area contributed by atoms with Crippen molar-refractivity contribution in [3.8, 4) is 0 Å². The monoisotopic (exact) mass is 262 g/mol. The van der Waals surface area contributed by atoms with Gasteiger partial charge in [-0.1, -0.05) is 12.1 Å². The molecule has 1 amide bonds. The lowest BCUT2D eigenvalue weighted by atomic mass is 10.1. The van der Waals surface area contributed by atoms with Crippen molar-refractivity contribution in [1.29, 1.82) is 0 Å². The fourth-order valence-electron chi connectivity index (χ4n) is 2.32. The van der Waals surface area contributed by atoms with Crippen molar-refractivity contribution in [3.05, 3.63) is 29.3 Å². The summed E-state index contributed by atoms with van der Waals surface area (Å²) in [5, 5.41) is 11.8. The molecule has 1 fully saturated rings. The third-order valence-electron chi connectivity index (χ3n) is 3.32. The summed E-state index contributed by atoms with van der Waals surface area (Å²) in [5.74, 6) is -1.13. The third-order valence-corrected chi connectivity index (χ3v) is 3.32. The Labute approximate surface area is 112 Å². The molecule has 1 aliphatic rings. The maximum absolute atomic E-state index is 12.3. The van der Waals surface area contributed by atoms with Crippen LogP contribution in [-0.4, -0.2) is 36.1 Å². The van der Waals surface area contributed by atoms with E-state index in [9.17, 15) is 9.59 Å². The SMILES string of the molecule is Cc1ccc(C)c(N2CCNC(CC(=O)O)C2=O)c1. The molecule has 0 bridgehead atoms. The number of aryl methyl sites for hydroxylation is 2. The van der Waals surface area contributed by atoms with E-state index in [1.807, 2.05) is 32.0 Å². The van der Waals surface area contributed by atoms with Gasteiger partial charge in [-0.05, 0) is 31.0 Å². The Kier molecular flexibility index (Phi) is 3.85. The fourth-order valence-corrected chi connectivity index (χ4v) is 2.32. The fraction of sp³-hybridized carbons (Fsp3) is 0.429. The Bertz CT molecular complexity index is 513. The summed E-state index contributed by atoms with van der Waals surface area (Å²) < 4.78 is 0. The normalized spacial score (nSPS) is 19.6. The highest BCUT2D eigenvalue weighted by molar-refractivity contribution is 6.00. The molecular weight excluding hydrogens is 244 g/mol. The first-order chi connectivity index (χ1) is 8.99. The molecule has 1 aromatic carbocycles. The second-order valence-electron chi connectivity index (χ2n) is 4.88. The number of piperazine rings is 1. The average molecular weight is 262 g/mol. The molecule has 1 aliphatic heterocycles. The van der Waals surface area contributed by atoms with Crippen LogP contribution in [0.15, 0.2) is 18.2 Å². The van der Waals surface area contributed by atoms with E-state index in [4.69, 9.17) is 5.11 Å². The van der Waals surface area contributed by atoms with Crippen LogP contribution in [0.1, 0.15) is 17.5 Å². The first-order valence-electron chi connectivity index (χ1n) is 6.33. The molecule has 0 aromatic heterocycles. The van der Waals surface area contributed by atoms with Crippen molar-refractivity contribution in [3.63, 3.8) is 0 Å². The number of hydrogen-bond donors (Lipinski definition) is 2. The standard InChI is InChI=1S/C14H18N2O3/c1-9-3-4-10(2)12(7-9)16-6-5-15-11(14(16)19)8-13(17)18/h3-4,7,11,15H,5-6,8H2,1-2H3,(H,17,18). The number of aliphatic carboxylic acids is 1. The molecule has 1 heterocycles. The zero-order chi connectivity index (χ0) is 14.0. The maximum Gasteiger partial charge on any atom is 0.305 e. The lowest BCUT2D eigenvalue weighted by molar-refractivity contribution is -0.139. The smallest absolute Gasteiger partial charge is 0.305 e. The molecule has 1 unspecified atom stereocenters. The molecule has 5 nitrogen and oxygen atoms in total. The van der Waals surface area contributed by atoms with Crippen LogP contribution in [0.3, 0.4) is 0 Å². The average Bonchev–Trinajstić information content (AvgIpc) is 2.35. The first kappa shape index (κ1) is 13.5. The van der Waals surface area contributed by atoms with E-state index < -0.39 is 12.0 Å². The topological polar surface area (TPSA) is 69.6 Å². The van der Waals surface area contributed by atoms with E-state index in [1.165, 1.54) is 0 Å². The van der Waals surface area contributed by atoms with Crippen LogP contribution in [0.4, 0.5) is 5.69 Å². The van der Waals surface area contributed by atoms with E-state index in [0.717, 1.165) is 16.8 Å². The Balaban J connectivity index is 2.26. The Morgan fingerprint density at radius 1 is 1.47 bits per heavy atom. The van der Waals surface area contributed by atoms with Crippen molar-refractivity contribution in [2.24, 2.45) is 0 Å². The number of anilines is 1. The number of nitrogens with zero attached hydrogens (tertiary/aromatic N) is 1. The van der Waals surface area contributed by atoms with Crippen molar-refractivity contribution in [2.75, 3.05) is 18.0 Å². The van der Waals surface area contributed by atoms with Crippen molar-refractivity contribution in [2.45, 2.75) is 26.3 Å². The highest BCUT2D eigenvalue weighted by atomic mass is 16.4. The number of carbonyl (C=O) groups is 2. The molecule has 0 spiro atoms. The predicted molar refractivity (Wildman–Crippen MR) is 72.3 cm³/mol. The van der Waals surface area contributed by atoms with Gasteiger partial charge in [-0.2, -0.15) is 0 Å². The molecule has 1 aromatic rings. The van der Waals surface area contributed by atoms with Gasteiger partial charge in [0.15, 0.2) is 0 Å². The molecule has 2 rings (SSSR count). The number of carbonyl (C=O) groups excluding carboxylic acids is 1. The van der Waals surface area contributed by atoms with Crippen molar-refractivity contribution < 1.29 is 14.7 Å². The molecule has 5 heteroatoms. The second-order valence-corrected chi connectivity index (χ2v) is 4.88. The highest BCUT2D eigenvalue weighted by Gasteiger charge is 2.31.